The molecule has 0 rings (SSSR count). The van der Waals surface area contributed by atoms with Gasteiger partial charge in [0.05, 0.1) is 6.54 Å². The third kappa shape index (κ3) is 18.8. The van der Waals surface area contributed by atoms with Crippen LogP contribution in [0.3, 0.4) is 0 Å². The standard InChI is InChI=1S/C22H41N3O2/c1-3-4-5-6-7-8-9-10-11-12-13-14-15-16-17-18-21(26)27-20-19-25(2)22(23)24/h7-8,10-11H,3-6,9,12-20H2,1-2H3,(H3,23,24). The highest BCUT2D eigenvalue weighted by Crippen LogP contribution is 2.08. The highest BCUT2D eigenvalue weighted by atomic mass is 16.5. The van der Waals surface area contributed by atoms with Crippen LogP contribution in [0.1, 0.15) is 84.0 Å². The van der Waals surface area contributed by atoms with Gasteiger partial charge in [-0.05, 0) is 38.5 Å². The predicted molar refractivity (Wildman–Crippen MR) is 115 cm³/mol. The highest BCUT2D eigenvalue weighted by molar-refractivity contribution is 5.74. The zero-order valence-electron chi connectivity index (χ0n) is 17.5. The minimum Gasteiger partial charge on any atom is -0.464 e. The molecule has 0 radical (unpaired) electrons. The first-order valence-corrected chi connectivity index (χ1v) is 10.6. The molecule has 0 fully saturated rings. The van der Waals surface area contributed by atoms with Gasteiger partial charge >= 0.3 is 5.97 Å². The molecule has 0 amide bonds. The molecule has 0 saturated heterocycles. The molecule has 5 heteroatoms. The van der Waals surface area contributed by atoms with E-state index in [4.69, 9.17) is 15.9 Å². The average molecular weight is 380 g/mol. The largest absolute Gasteiger partial charge is 0.464 e. The lowest BCUT2D eigenvalue weighted by molar-refractivity contribution is -0.143. The number of nitrogens with zero attached hydrogens (tertiary/aromatic N) is 1. The molecule has 0 atom stereocenters. The van der Waals surface area contributed by atoms with E-state index in [2.05, 4.69) is 31.2 Å². The van der Waals surface area contributed by atoms with Gasteiger partial charge in [0.1, 0.15) is 6.61 Å². The maximum Gasteiger partial charge on any atom is 0.305 e. The molecule has 0 heterocycles. The maximum atomic E-state index is 11.6. The fourth-order valence-electron chi connectivity index (χ4n) is 2.57. The van der Waals surface area contributed by atoms with Crippen LogP contribution in [0, 0.1) is 5.41 Å². The van der Waals surface area contributed by atoms with E-state index in [0.29, 0.717) is 13.0 Å². The minimum absolute atomic E-state index is 0.0141. The Balaban J connectivity index is 3.35. The molecule has 0 bridgehead atoms. The van der Waals surface area contributed by atoms with E-state index in [1.807, 2.05) is 0 Å². The van der Waals surface area contributed by atoms with E-state index in [9.17, 15) is 4.79 Å². The number of rotatable bonds is 17. The zero-order valence-corrected chi connectivity index (χ0v) is 17.5. The number of unbranched alkanes of at least 4 members (excludes halogenated alkanes) is 8. The summed E-state index contributed by atoms with van der Waals surface area (Å²) in [4.78, 5) is 13.1. The summed E-state index contributed by atoms with van der Waals surface area (Å²) in [6, 6.07) is 0. The number of nitrogens with two attached hydrogens (primary N) is 1. The number of carbonyl (C=O) groups excluding carboxylic acids is 1. The van der Waals surface area contributed by atoms with Crippen molar-refractivity contribution in [2.45, 2.75) is 84.0 Å². The maximum absolute atomic E-state index is 11.6. The molecule has 0 unspecified atom stereocenters. The third-order valence-corrected chi connectivity index (χ3v) is 4.43. The summed E-state index contributed by atoms with van der Waals surface area (Å²) in [6.45, 7) is 2.98. The second-order valence-electron chi connectivity index (χ2n) is 7.01. The Kier molecular flexibility index (Phi) is 17.7. The number of hydrogen-bond acceptors (Lipinski definition) is 3. The van der Waals surface area contributed by atoms with Crippen LogP contribution in [0.15, 0.2) is 24.3 Å². The van der Waals surface area contributed by atoms with E-state index < -0.39 is 0 Å². The van der Waals surface area contributed by atoms with Crippen molar-refractivity contribution in [1.29, 1.82) is 5.41 Å². The molecule has 0 aliphatic carbocycles. The van der Waals surface area contributed by atoms with Crippen LogP contribution in [0.2, 0.25) is 0 Å². The molecule has 0 aromatic rings. The van der Waals surface area contributed by atoms with Crippen molar-refractivity contribution in [2.75, 3.05) is 20.2 Å². The fraction of sp³-hybridized carbons (Fsp3) is 0.727. The van der Waals surface area contributed by atoms with Gasteiger partial charge in [-0.1, -0.05) is 63.3 Å². The Morgan fingerprint density at radius 3 is 2.19 bits per heavy atom. The van der Waals surface area contributed by atoms with Crippen LogP contribution in [0.4, 0.5) is 0 Å². The van der Waals surface area contributed by atoms with Crippen LogP contribution in [-0.2, 0) is 9.53 Å². The Bertz CT molecular complexity index is 433. The van der Waals surface area contributed by atoms with Crippen molar-refractivity contribution in [3.63, 3.8) is 0 Å². The van der Waals surface area contributed by atoms with Crippen LogP contribution in [-0.4, -0.2) is 37.0 Å². The highest BCUT2D eigenvalue weighted by Gasteiger charge is 2.04. The lowest BCUT2D eigenvalue weighted by Crippen LogP contribution is -2.35. The van der Waals surface area contributed by atoms with Crippen molar-refractivity contribution < 1.29 is 9.53 Å². The topological polar surface area (TPSA) is 79.4 Å². The summed E-state index contributed by atoms with van der Waals surface area (Å²) >= 11 is 0. The number of carbonyl (C=O) groups is 1. The van der Waals surface area contributed by atoms with Crippen molar-refractivity contribution in [1.82, 2.24) is 4.90 Å². The second-order valence-corrected chi connectivity index (χ2v) is 7.01. The summed E-state index contributed by atoms with van der Waals surface area (Å²) in [5, 5.41) is 7.22. The Hall–Kier alpha value is -1.78. The third-order valence-electron chi connectivity index (χ3n) is 4.43. The predicted octanol–water partition coefficient (Wildman–Crippen LogP) is 5.17. The molecule has 5 nitrogen and oxygen atoms in total. The van der Waals surface area contributed by atoms with Gasteiger partial charge in [-0.2, -0.15) is 0 Å². The number of guanidine groups is 1. The Labute approximate surface area is 166 Å². The van der Waals surface area contributed by atoms with Gasteiger partial charge in [0.25, 0.3) is 0 Å². The lowest BCUT2D eigenvalue weighted by Gasteiger charge is -2.16. The van der Waals surface area contributed by atoms with Crippen molar-refractivity contribution in [2.24, 2.45) is 5.73 Å². The van der Waals surface area contributed by atoms with E-state index in [1.165, 1.54) is 44.9 Å². The molecular formula is C22H41N3O2. The SMILES string of the molecule is CCCCCC=CCC=CCCCCCCCC(=O)OCCN(C)C(=N)N. The molecule has 3 N–H and O–H groups in total. The van der Waals surface area contributed by atoms with Crippen molar-refractivity contribution in [3.05, 3.63) is 24.3 Å². The number of likely N-dealkylation sites (N-methyl/N-ethyl adjacent to an activating group) is 1. The molecule has 0 aromatic carbocycles. The first kappa shape index (κ1) is 25.2. The van der Waals surface area contributed by atoms with Crippen LogP contribution < -0.4 is 5.73 Å². The van der Waals surface area contributed by atoms with Gasteiger partial charge in [0.2, 0.25) is 0 Å². The smallest absolute Gasteiger partial charge is 0.305 e. The molecule has 0 aliphatic heterocycles. The summed E-state index contributed by atoms with van der Waals surface area (Å²) in [7, 11) is 1.71. The van der Waals surface area contributed by atoms with Gasteiger partial charge in [-0.25, -0.2) is 0 Å². The molecule has 27 heavy (non-hydrogen) atoms. The van der Waals surface area contributed by atoms with Gasteiger partial charge < -0.3 is 15.4 Å². The molecule has 0 saturated carbocycles. The van der Waals surface area contributed by atoms with Gasteiger partial charge in [-0.3, -0.25) is 10.2 Å². The van der Waals surface area contributed by atoms with E-state index >= 15 is 0 Å². The fourth-order valence-corrected chi connectivity index (χ4v) is 2.57. The monoisotopic (exact) mass is 379 g/mol. The Morgan fingerprint density at radius 1 is 0.963 bits per heavy atom. The normalized spacial score (nSPS) is 11.3. The first-order chi connectivity index (χ1) is 13.1. The number of ether oxygens (including phenoxy) is 1. The lowest BCUT2D eigenvalue weighted by atomic mass is 10.1. The first-order valence-electron chi connectivity index (χ1n) is 10.6. The quantitative estimate of drug-likeness (QED) is 0.120. The summed E-state index contributed by atoms with van der Waals surface area (Å²) in [6.07, 6.45) is 22.5. The average Bonchev–Trinajstić information content (AvgIpc) is 2.64. The van der Waals surface area contributed by atoms with Gasteiger partial charge in [0.15, 0.2) is 5.96 Å². The number of nitrogens with one attached hydrogen (secondary N) is 1. The summed E-state index contributed by atoms with van der Waals surface area (Å²) < 4.78 is 5.13. The van der Waals surface area contributed by atoms with Crippen LogP contribution in [0.5, 0.6) is 0 Å². The van der Waals surface area contributed by atoms with E-state index in [1.54, 1.807) is 11.9 Å². The van der Waals surface area contributed by atoms with E-state index in [0.717, 1.165) is 25.7 Å². The zero-order chi connectivity index (χ0) is 20.2. The summed E-state index contributed by atoms with van der Waals surface area (Å²) in [5.74, 6) is -0.169. The molecular weight excluding hydrogens is 338 g/mol. The molecule has 0 spiro atoms. The molecule has 0 aromatic heterocycles. The van der Waals surface area contributed by atoms with Gasteiger partial charge in [-0.15, -0.1) is 0 Å². The number of esters is 1. The van der Waals surface area contributed by atoms with E-state index in [-0.39, 0.29) is 18.5 Å². The van der Waals surface area contributed by atoms with Crippen molar-refractivity contribution >= 4 is 11.9 Å². The minimum atomic E-state index is -0.155. The number of hydrogen-bond donors (Lipinski definition) is 2. The summed E-state index contributed by atoms with van der Waals surface area (Å²) in [5.41, 5.74) is 5.31. The van der Waals surface area contributed by atoms with Crippen LogP contribution in [0.25, 0.3) is 0 Å². The second kappa shape index (κ2) is 19.0. The molecule has 156 valence electrons. The Morgan fingerprint density at radius 2 is 1.56 bits per heavy atom. The van der Waals surface area contributed by atoms with Gasteiger partial charge in [0, 0.05) is 13.5 Å². The number of allylic oxidation sites excluding steroid dienone is 4. The van der Waals surface area contributed by atoms with Crippen LogP contribution >= 0.6 is 0 Å². The van der Waals surface area contributed by atoms with Crippen molar-refractivity contribution in [3.8, 4) is 0 Å². The molecule has 0 aliphatic rings.